The Hall–Kier alpha value is -1.59. The number of nitrogens with zero attached hydrogens (tertiary/aromatic N) is 1. The fraction of sp³-hybridized carbons (Fsp3) is 0.800. The second-order valence-corrected chi connectivity index (χ2v) is 6.16. The molecule has 21 heavy (non-hydrogen) atoms. The Kier molecular flexibility index (Phi) is 5.20. The SMILES string of the molecule is CC(=O)N[C@@H](C(=O)N1CCC(C(=O)O)CC1)C1CCCC1. The van der Waals surface area contributed by atoms with E-state index in [0.717, 1.165) is 25.7 Å². The van der Waals surface area contributed by atoms with Gasteiger partial charge in [0.2, 0.25) is 11.8 Å². The summed E-state index contributed by atoms with van der Waals surface area (Å²) in [5, 5.41) is 11.8. The van der Waals surface area contributed by atoms with Crippen molar-refractivity contribution in [3.8, 4) is 0 Å². The molecular weight excluding hydrogens is 272 g/mol. The van der Waals surface area contributed by atoms with Crippen molar-refractivity contribution in [3.05, 3.63) is 0 Å². The maximum Gasteiger partial charge on any atom is 0.306 e. The highest BCUT2D eigenvalue weighted by molar-refractivity contribution is 5.87. The summed E-state index contributed by atoms with van der Waals surface area (Å²) in [6.45, 7) is 2.38. The number of hydrogen-bond donors (Lipinski definition) is 2. The Balaban J connectivity index is 1.98. The van der Waals surface area contributed by atoms with Gasteiger partial charge in [-0.25, -0.2) is 0 Å². The fourth-order valence-electron chi connectivity index (χ4n) is 3.43. The second kappa shape index (κ2) is 6.91. The quantitative estimate of drug-likeness (QED) is 0.810. The molecule has 2 rings (SSSR count). The number of rotatable bonds is 4. The molecule has 1 heterocycles. The van der Waals surface area contributed by atoms with Crippen LogP contribution in [0.15, 0.2) is 0 Å². The van der Waals surface area contributed by atoms with Gasteiger partial charge >= 0.3 is 5.97 Å². The van der Waals surface area contributed by atoms with Crippen LogP contribution in [0.25, 0.3) is 0 Å². The van der Waals surface area contributed by atoms with Crippen molar-refractivity contribution in [1.29, 1.82) is 0 Å². The standard InChI is InChI=1S/C15H24N2O4/c1-10(18)16-13(11-4-2-3-5-11)14(19)17-8-6-12(7-9-17)15(20)21/h11-13H,2-9H2,1H3,(H,16,18)(H,20,21)/t13-/m1/s1. The first-order valence-electron chi connectivity index (χ1n) is 7.77. The van der Waals surface area contributed by atoms with Gasteiger partial charge in [-0.1, -0.05) is 12.8 Å². The lowest BCUT2D eigenvalue weighted by atomic mass is 9.93. The van der Waals surface area contributed by atoms with Gasteiger partial charge in [0.1, 0.15) is 6.04 Å². The number of carboxylic acids is 1. The largest absolute Gasteiger partial charge is 0.481 e. The Labute approximate surface area is 124 Å². The van der Waals surface area contributed by atoms with Gasteiger partial charge in [0.25, 0.3) is 0 Å². The summed E-state index contributed by atoms with van der Waals surface area (Å²) in [5.74, 6) is -1.13. The lowest BCUT2D eigenvalue weighted by molar-refractivity contribution is -0.146. The van der Waals surface area contributed by atoms with E-state index in [-0.39, 0.29) is 23.7 Å². The summed E-state index contributed by atoms with van der Waals surface area (Å²) in [4.78, 5) is 36.7. The first-order valence-corrected chi connectivity index (χ1v) is 7.77. The average Bonchev–Trinajstić information content (AvgIpc) is 2.98. The van der Waals surface area contributed by atoms with Crippen molar-refractivity contribution in [2.45, 2.75) is 51.5 Å². The number of carbonyl (C=O) groups excluding carboxylic acids is 2. The van der Waals surface area contributed by atoms with Crippen molar-refractivity contribution in [1.82, 2.24) is 10.2 Å². The van der Waals surface area contributed by atoms with Gasteiger partial charge in [-0.05, 0) is 31.6 Å². The number of carboxylic acid groups (broad SMARTS) is 1. The third kappa shape index (κ3) is 3.95. The van der Waals surface area contributed by atoms with E-state index < -0.39 is 12.0 Å². The van der Waals surface area contributed by atoms with E-state index in [1.54, 1.807) is 4.90 Å². The first-order chi connectivity index (χ1) is 9.99. The predicted molar refractivity (Wildman–Crippen MR) is 76.5 cm³/mol. The van der Waals surface area contributed by atoms with Gasteiger partial charge in [-0.15, -0.1) is 0 Å². The molecule has 0 spiro atoms. The zero-order chi connectivity index (χ0) is 15.4. The fourth-order valence-corrected chi connectivity index (χ4v) is 3.43. The highest BCUT2D eigenvalue weighted by Crippen LogP contribution is 2.29. The second-order valence-electron chi connectivity index (χ2n) is 6.16. The van der Waals surface area contributed by atoms with Crippen molar-refractivity contribution in [2.75, 3.05) is 13.1 Å². The molecule has 0 bridgehead atoms. The molecular formula is C15H24N2O4. The van der Waals surface area contributed by atoms with Crippen LogP contribution in [-0.2, 0) is 14.4 Å². The minimum atomic E-state index is -0.781. The van der Waals surface area contributed by atoms with Crippen LogP contribution >= 0.6 is 0 Å². The van der Waals surface area contributed by atoms with Gasteiger partial charge in [0.05, 0.1) is 5.92 Å². The third-order valence-corrected chi connectivity index (χ3v) is 4.65. The van der Waals surface area contributed by atoms with Crippen LogP contribution in [0.2, 0.25) is 0 Å². The lowest BCUT2D eigenvalue weighted by Crippen LogP contribution is -2.53. The van der Waals surface area contributed by atoms with E-state index in [9.17, 15) is 14.4 Å². The molecule has 0 aromatic rings. The molecule has 2 aliphatic rings. The molecule has 1 saturated carbocycles. The molecule has 2 fully saturated rings. The van der Waals surface area contributed by atoms with E-state index in [4.69, 9.17) is 5.11 Å². The highest BCUT2D eigenvalue weighted by Gasteiger charge is 2.36. The summed E-state index contributed by atoms with van der Waals surface area (Å²) >= 11 is 0. The Morgan fingerprint density at radius 2 is 1.67 bits per heavy atom. The molecule has 118 valence electrons. The average molecular weight is 296 g/mol. The van der Waals surface area contributed by atoms with Gasteiger partial charge < -0.3 is 15.3 Å². The maximum atomic E-state index is 12.7. The van der Waals surface area contributed by atoms with Gasteiger partial charge in [0, 0.05) is 20.0 Å². The maximum absolute atomic E-state index is 12.7. The number of aliphatic carboxylic acids is 1. The Morgan fingerprint density at radius 3 is 2.14 bits per heavy atom. The van der Waals surface area contributed by atoms with E-state index in [2.05, 4.69) is 5.32 Å². The zero-order valence-corrected chi connectivity index (χ0v) is 12.5. The third-order valence-electron chi connectivity index (χ3n) is 4.65. The number of amides is 2. The minimum Gasteiger partial charge on any atom is -0.481 e. The van der Waals surface area contributed by atoms with Crippen LogP contribution in [0.1, 0.15) is 45.4 Å². The number of nitrogens with one attached hydrogen (secondary N) is 1. The minimum absolute atomic E-state index is 0.0408. The van der Waals surface area contributed by atoms with Crippen LogP contribution in [0.5, 0.6) is 0 Å². The van der Waals surface area contributed by atoms with Crippen LogP contribution in [0.4, 0.5) is 0 Å². The molecule has 0 unspecified atom stereocenters. The lowest BCUT2D eigenvalue weighted by Gasteiger charge is -2.34. The molecule has 6 heteroatoms. The van der Waals surface area contributed by atoms with Gasteiger partial charge in [-0.2, -0.15) is 0 Å². The monoisotopic (exact) mass is 296 g/mol. The van der Waals surface area contributed by atoms with E-state index in [1.165, 1.54) is 6.92 Å². The Bertz CT molecular complexity index is 410. The van der Waals surface area contributed by atoms with Crippen LogP contribution in [0.3, 0.4) is 0 Å². The van der Waals surface area contributed by atoms with Gasteiger partial charge in [-0.3, -0.25) is 14.4 Å². The number of piperidine rings is 1. The van der Waals surface area contributed by atoms with E-state index >= 15 is 0 Å². The van der Waals surface area contributed by atoms with Gasteiger partial charge in [0.15, 0.2) is 0 Å². The molecule has 1 atom stereocenters. The van der Waals surface area contributed by atoms with Crippen molar-refractivity contribution >= 4 is 17.8 Å². The summed E-state index contributed by atoms with van der Waals surface area (Å²) in [5.41, 5.74) is 0. The summed E-state index contributed by atoms with van der Waals surface area (Å²) in [6, 6.07) is -0.439. The first kappa shape index (κ1) is 15.8. The molecule has 0 aromatic carbocycles. The molecule has 2 N–H and O–H groups in total. The van der Waals surface area contributed by atoms with Crippen LogP contribution < -0.4 is 5.32 Å². The molecule has 0 aromatic heterocycles. The van der Waals surface area contributed by atoms with Crippen LogP contribution in [0, 0.1) is 11.8 Å². The zero-order valence-electron chi connectivity index (χ0n) is 12.5. The topological polar surface area (TPSA) is 86.7 Å². The predicted octanol–water partition coefficient (Wildman–Crippen LogP) is 1.00. The van der Waals surface area contributed by atoms with E-state index in [1.807, 2.05) is 0 Å². The smallest absolute Gasteiger partial charge is 0.306 e. The molecule has 6 nitrogen and oxygen atoms in total. The number of likely N-dealkylation sites (tertiary alicyclic amines) is 1. The molecule has 1 aliphatic carbocycles. The van der Waals surface area contributed by atoms with Crippen molar-refractivity contribution in [3.63, 3.8) is 0 Å². The molecule has 0 radical (unpaired) electrons. The van der Waals surface area contributed by atoms with Crippen LogP contribution in [-0.4, -0.2) is 46.9 Å². The highest BCUT2D eigenvalue weighted by atomic mass is 16.4. The molecule has 1 aliphatic heterocycles. The van der Waals surface area contributed by atoms with Crippen molar-refractivity contribution in [2.24, 2.45) is 11.8 Å². The summed E-state index contributed by atoms with van der Waals surface area (Å²) in [7, 11) is 0. The van der Waals surface area contributed by atoms with E-state index in [0.29, 0.717) is 25.9 Å². The number of hydrogen-bond acceptors (Lipinski definition) is 3. The van der Waals surface area contributed by atoms with Crippen molar-refractivity contribution < 1.29 is 19.5 Å². The number of carbonyl (C=O) groups is 3. The summed E-state index contributed by atoms with van der Waals surface area (Å²) in [6.07, 6.45) is 5.16. The Morgan fingerprint density at radius 1 is 1.10 bits per heavy atom. The molecule has 1 saturated heterocycles. The normalized spacial score (nSPS) is 22.0. The molecule has 2 amide bonds. The summed E-state index contributed by atoms with van der Waals surface area (Å²) < 4.78 is 0.